The largest absolute Gasteiger partial charge is 0.462 e. The summed E-state index contributed by atoms with van der Waals surface area (Å²) in [7, 11) is 0. The molecule has 0 aliphatic heterocycles. The van der Waals surface area contributed by atoms with Crippen molar-refractivity contribution in [2.45, 2.75) is 20.0 Å². The van der Waals surface area contributed by atoms with Crippen molar-refractivity contribution in [3.63, 3.8) is 0 Å². The number of aliphatic hydroxyl groups is 1. The molecule has 2 heterocycles. The summed E-state index contributed by atoms with van der Waals surface area (Å²) >= 11 is 1.49. The van der Waals surface area contributed by atoms with Gasteiger partial charge in [0.1, 0.15) is 11.7 Å². The third-order valence-electron chi connectivity index (χ3n) is 4.94. The van der Waals surface area contributed by atoms with Crippen LogP contribution < -0.4 is 5.32 Å². The average molecular weight is 419 g/mol. The Balaban J connectivity index is 1.91. The SMILES string of the molecule is CCOC(=O)c1cnc2c(C(O)c3cccs3)cccc2c1Nc1ccccc1C. The predicted octanol–water partition coefficient (Wildman–Crippen LogP) is 5.61. The van der Waals surface area contributed by atoms with Crippen molar-refractivity contribution in [2.24, 2.45) is 0 Å². The van der Waals surface area contributed by atoms with Crippen LogP contribution in [0.15, 0.2) is 66.2 Å². The minimum absolute atomic E-state index is 0.276. The van der Waals surface area contributed by atoms with Crippen molar-refractivity contribution in [3.05, 3.63) is 87.7 Å². The van der Waals surface area contributed by atoms with Crippen molar-refractivity contribution in [1.29, 1.82) is 0 Å². The lowest BCUT2D eigenvalue weighted by Crippen LogP contribution is -2.10. The Morgan fingerprint density at radius 3 is 2.73 bits per heavy atom. The summed E-state index contributed by atoms with van der Waals surface area (Å²) in [6.07, 6.45) is 0.729. The molecule has 5 nitrogen and oxygen atoms in total. The second kappa shape index (κ2) is 8.65. The zero-order valence-electron chi connectivity index (χ0n) is 16.8. The summed E-state index contributed by atoms with van der Waals surface area (Å²) in [6.45, 7) is 4.05. The quantitative estimate of drug-likeness (QED) is 0.399. The van der Waals surface area contributed by atoms with Gasteiger partial charge in [0.15, 0.2) is 0 Å². The van der Waals surface area contributed by atoms with Gasteiger partial charge >= 0.3 is 5.97 Å². The maximum absolute atomic E-state index is 12.6. The topological polar surface area (TPSA) is 71.5 Å². The summed E-state index contributed by atoms with van der Waals surface area (Å²) in [5, 5.41) is 17.0. The molecule has 0 fully saturated rings. The highest BCUT2D eigenvalue weighted by Crippen LogP contribution is 2.36. The lowest BCUT2D eigenvalue weighted by molar-refractivity contribution is 0.0527. The van der Waals surface area contributed by atoms with E-state index in [1.54, 1.807) is 6.92 Å². The van der Waals surface area contributed by atoms with Gasteiger partial charge in [0, 0.05) is 27.7 Å². The van der Waals surface area contributed by atoms with Crippen LogP contribution in [0.3, 0.4) is 0 Å². The first-order chi connectivity index (χ1) is 14.6. The monoisotopic (exact) mass is 418 g/mol. The standard InChI is InChI=1S/C24H22N2O3S/c1-3-29-24(28)18-14-25-21-16(22(18)26-19-11-5-4-8-15(19)2)9-6-10-17(21)23(27)20-12-7-13-30-20/h4-14,23,27H,3H2,1-2H3,(H,25,26). The van der Waals surface area contributed by atoms with Gasteiger partial charge in [-0.25, -0.2) is 4.79 Å². The number of para-hydroxylation sites is 2. The van der Waals surface area contributed by atoms with E-state index < -0.39 is 12.1 Å². The molecular weight excluding hydrogens is 396 g/mol. The van der Waals surface area contributed by atoms with Crippen LogP contribution in [0.5, 0.6) is 0 Å². The lowest BCUT2D eigenvalue weighted by atomic mass is 10.0. The fraction of sp³-hybridized carbons (Fsp3) is 0.167. The maximum Gasteiger partial charge on any atom is 0.341 e. The van der Waals surface area contributed by atoms with E-state index in [-0.39, 0.29) is 6.61 Å². The van der Waals surface area contributed by atoms with Gasteiger partial charge in [0.25, 0.3) is 0 Å². The first-order valence-corrected chi connectivity index (χ1v) is 10.6. The van der Waals surface area contributed by atoms with E-state index in [1.807, 2.05) is 66.9 Å². The zero-order valence-corrected chi connectivity index (χ0v) is 17.6. The van der Waals surface area contributed by atoms with Gasteiger partial charge in [0.05, 0.1) is 17.8 Å². The van der Waals surface area contributed by atoms with Crippen molar-refractivity contribution < 1.29 is 14.6 Å². The van der Waals surface area contributed by atoms with E-state index in [0.29, 0.717) is 22.3 Å². The second-order valence-electron chi connectivity index (χ2n) is 6.87. The Morgan fingerprint density at radius 2 is 2.00 bits per heavy atom. The lowest BCUT2D eigenvalue weighted by Gasteiger charge is -2.18. The Bertz CT molecular complexity index is 1190. The smallest absolute Gasteiger partial charge is 0.341 e. The molecule has 4 aromatic rings. The van der Waals surface area contributed by atoms with Crippen molar-refractivity contribution in [1.82, 2.24) is 4.98 Å². The van der Waals surface area contributed by atoms with Crippen LogP contribution >= 0.6 is 11.3 Å². The molecule has 0 saturated carbocycles. The molecule has 152 valence electrons. The molecule has 0 amide bonds. The van der Waals surface area contributed by atoms with Crippen LogP contribution in [0.4, 0.5) is 11.4 Å². The molecule has 1 atom stereocenters. The number of carbonyl (C=O) groups is 1. The van der Waals surface area contributed by atoms with Crippen molar-refractivity contribution >= 4 is 39.6 Å². The highest BCUT2D eigenvalue weighted by atomic mass is 32.1. The number of benzene rings is 2. The summed E-state index contributed by atoms with van der Waals surface area (Å²) in [5.74, 6) is -0.438. The van der Waals surface area contributed by atoms with Gasteiger partial charge in [-0.2, -0.15) is 0 Å². The fourth-order valence-corrected chi connectivity index (χ4v) is 4.14. The van der Waals surface area contributed by atoms with Crippen LogP contribution in [0.25, 0.3) is 10.9 Å². The maximum atomic E-state index is 12.6. The number of anilines is 2. The minimum atomic E-state index is -0.791. The summed E-state index contributed by atoms with van der Waals surface area (Å²) in [6, 6.07) is 17.3. The normalized spacial score (nSPS) is 12.0. The molecule has 30 heavy (non-hydrogen) atoms. The highest BCUT2D eigenvalue weighted by Gasteiger charge is 2.21. The van der Waals surface area contributed by atoms with Crippen molar-refractivity contribution in [3.8, 4) is 0 Å². The molecule has 0 aliphatic rings. The molecule has 2 aromatic heterocycles. The number of aliphatic hydroxyl groups excluding tert-OH is 1. The van der Waals surface area contributed by atoms with Crippen LogP contribution in [-0.2, 0) is 4.74 Å². The van der Waals surface area contributed by atoms with E-state index in [0.717, 1.165) is 21.5 Å². The molecule has 0 bridgehead atoms. The van der Waals surface area contributed by atoms with E-state index >= 15 is 0 Å². The molecule has 0 aliphatic carbocycles. The number of aromatic nitrogens is 1. The predicted molar refractivity (Wildman–Crippen MR) is 121 cm³/mol. The first-order valence-electron chi connectivity index (χ1n) is 9.73. The summed E-state index contributed by atoms with van der Waals surface area (Å²) in [5.41, 5.74) is 4.25. The van der Waals surface area contributed by atoms with E-state index in [4.69, 9.17) is 4.74 Å². The molecule has 6 heteroatoms. The van der Waals surface area contributed by atoms with Crippen LogP contribution in [-0.4, -0.2) is 22.7 Å². The zero-order chi connectivity index (χ0) is 21.1. The first kappa shape index (κ1) is 20.1. The van der Waals surface area contributed by atoms with Crippen LogP contribution in [0.2, 0.25) is 0 Å². The van der Waals surface area contributed by atoms with E-state index in [2.05, 4.69) is 10.3 Å². The molecule has 0 radical (unpaired) electrons. The average Bonchev–Trinajstić information content (AvgIpc) is 3.29. The molecule has 2 aromatic carbocycles. The molecule has 0 saturated heterocycles. The number of carbonyl (C=O) groups excluding carboxylic acids is 1. The highest BCUT2D eigenvalue weighted by molar-refractivity contribution is 7.10. The Kier molecular flexibility index (Phi) is 5.79. The number of rotatable bonds is 6. The number of aryl methyl sites for hydroxylation is 1. The van der Waals surface area contributed by atoms with Gasteiger partial charge in [-0.1, -0.05) is 42.5 Å². The molecule has 0 spiro atoms. The number of nitrogens with one attached hydrogen (secondary N) is 1. The molecule has 4 rings (SSSR count). The van der Waals surface area contributed by atoms with Gasteiger partial charge in [-0.3, -0.25) is 4.98 Å². The number of fused-ring (bicyclic) bond motifs is 1. The van der Waals surface area contributed by atoms with Gasteiger partial charge < -0.3 is 15.2 Å². The number of ether oxygens (including phenoxy) is 1. The third kappa shape index (κ3) is 3.79. The van der Waals surface area contributed by atoms with Gasteiger partial charge in [-0.15, -0.1) is 11.3 Å². The summed E-state index contributed by atoms with van der Waals surface area (Å²) < 4.78 is 5.26. The summed E-state index contributed by atoms with van der Waals surface area (Å²) in [4.78, 5) is 18.0. The molecule has 1 unspecified atom stereocenters. The number of esters is 1. The number of hydrogen-bond donors (Lipinski definition) is 2. The van der Waals surface area contributed by atoms with E-state index in [1.165, 1.54) is 17.5 Å². The Hall–Kier alpha value is -3.22. The number of pyridine rings is 1. The van der Waals surface area contributed by atoms with Crippen LogP contribution in [0, 0.1) is 6.92 Å². The molecule has 2 N–H and O–H groups in total. The van der Waals surface area contributed by atoms with Gasteiger partial charge in [-0.05, 0) is 36.9 Å². The van der Waals surface area contributed by atoms with E-state index in [9.17, 15) is 9.90 Å². The number of thiophene rings is 1. The Labute approximate surface area is 179 Å². The second-order valence-corrected chi connectivity index (χ2v) is 7.85. The van der Waals surface area contributed by atoms with Crippen LogP contribution in [0.1, 0.15) is 39.4 Å². The number of hydrogen-bond acceptors (Lipinski definition) is 6. The third-order valence-corrected chi connectivity index (χ3v) is 5.86. The number of nitrogens with zero attached hydrogens (tertiary/aromatic N) is 1. The van der Waals surface area contributed by atoms with Crippen molar-refractivity contribution in [2.75, 3.05) is 11.9 Å². The fourth-order valence-electron chi connectivity index (χ4n) is 3.41. The molecular formula is C24H22N2O3S. The van der Waals surface area contributed by atoms with Gasteiger partial charge in [0.2, 0.25) is 0 Å². The minimum Gasteiger partial charge on any atom is -0.462 e. The Morgan fingerprint density at radius 1 is 1.17 bits per heavy atom.